The highest BCUT2D eigenvalue weighted by atomic mass is 16.7. The molecule has 0 fully saturated rings. The van der Waals surface area contributed by atoms with E-state index in [0.29, 0.717) is 17.4 Å². The fraction of sp³-hybridized carbons (Fsp3) is 0.320. The van der Waals surface area contributed by atoms with Gasteiger partial charge in [-0.3, -0.25) is 14.9 Å². The Morgan fingerprint density at radius 2 is 1.82 bits per heavy atom. The number of benzene rings is 2. The molecular formula is C25H28N4O4. The summed E-state index contributed by atoms with van der Waals surface area (Å²) in [5.74, 6) is 1.43. The van der Waals surface area contributed by atoms with Crippen LogP contribution in [0.2, 0.25) is 0 Å². The van der Waals surface area contributed by atoms with Crippen LogP contribution >= 0.6 is 0 Å². The number of hydrogen-bond donors (Lipinski definition) is 2. The van der Waals surface area contributed by atoms with Crippen LogP contribution in [0, 0.1) is 0 Å². The van der Waals surface area contributed by atoms with E-state index in [-0.39, 0.29) is 37.5 Å². The molecule has 0 spiro atoms. The van der Waals surface area contributed by atoms with Gasteiger partial charge in [0.2, 0.25) is 24.6 Å². The highest BCUT2D eigenvalue weighted by molar-refractivity contribution is 5.92. The quantitative estimate of drug-likeness (QED) is 0.521. The number of carbonyl (C=O) groups excluding carboxylic acids is 2. The molecule has 1 aromatic heterocycles. The molecule has 0 bridgehead atoms. The molecule has 1 unspecified atom stereocenters. The molecule has 0 saturated carbocycles. The van der Waals surface area contributed by atoms with Crippen LogP contribution in [-0.2, 0) is 23.1 Å². The zero-order valence-corrected chi connectivity index (χ0v) is 18.8. The lowest BCUT2D eigenvalue weighted by atomic mass is 10.1. The van der Waals surface area contributed by atoms with Gasteiger partial charge in [-0.15, -0.1) is 0 Å². The van der Waals surface area contributed by atoms with Crippen LogP contribution in [0.5, 0.6) is 11.5 Å². The number of amides is 2. The molecule has 1 aliphatic heterocycles. The second-order valence-corrected chi connectivity index (χ2v) is 8.14. The van der Waals surface area contributed by atoms with Crippen LogP contribution in [-0.4, -0.2) is 34.2 Å². The Balaban J connectivity index is 1.24. The van der Waals surface area contributed by atoms with E-state index in [4.69, 9.17) is 9.47 Å². The van der Waals surface area contributed by atoms with Crippen molar-refractivity contribution in [1.29, 1.82) is 0 Å². The Morgan fingerprint density at radius 1 is 1.06 bits per heavy atom. The summed E-state index contributed by atoms with van der Waals surface area (Å²) in [5.41, 5.74) is 2.97. The average molecular weight is 449 g/mol. The molecule has 33 heavy (non-hydrogen) atoms. The summed E-state index contributed by atoms with van der Waals surface area (Å²) in [7, 11) is 1.82. The predicted octanol–water partition coefficient (Wildman–Crippen LogP) is 3.67. The third kappa shape index (κ3) is 5.71. The Kier molecular flexibility index (Phi) is 6.92. The van der Waals surface area contributed by atoms with E-state index in [2.05, 4.69) is 27.8 Å². The molecule has 1 atom stereocenters. The number of anilines is 1. The number of aryl methyl sites for hydroxylation is 1. The minimum atomic E-state index is -0.256. The molecule has 8 heteroatoms. The number of aromatic nitrogens is 2. The van der Waals surface area contributed by atoms with Crippen LogP contribution in [0.1, 0.15) is 31.7 Å². The van der Waals surface area contributed by atoms with Gasteiger partial charge in [-0.05, 0) is 43.5 Å². The SMILES string of the molecule is CC(CCc1ccccc1)NC(=O)CCC(=O)Nc1ncc(-c2ccc3c(c2)OCO3)n1C. The van der Waals surface area contributed by atoms with E-state index in [1.165, 1.54) is 5.56 Å². The smallest absolute Gasteiger partial charge is 0.231 e. The van der Waals surface area contributed by atoms with Gasteiger partial charge in [0.1, 0.15) is 0 Å². The van der Waals surface area contributed by atoms with Gasteiger partial charge in [0.05, 0.1) is 11.9 Å². The lowest BCUT2D eigenvalue weighted by Gasteiger charge is -2.14. The standard InChI is InChI=1S/C25H28N4O4/c1-17(8-9-18-6-4-3-5-7-18)27-23(30)12-13-24(31)28-25-26-15-20(29(25)2)19-10-11-21-22(14-19)33-16-32-21/h3-7,10-11,14-15,17H,8-9,12-13,16H2,1-2H3,(H,27,30)(H,26,28,31). The first-order valence-electron chi connectivity index (χ1n) is 11.0. The second kappa shape index (κ2) is 10.2. The van der Waals surface area contributed by atoms with Crippen molar-refractivity contribution < 1.29 is 19.1 Å². The normalized spacial score (nSPS) is 12.9. The molecule has 4 rings (SSSR count). The van der Waals surface area contributed by atoms with Crippen molar-refractivity contribution in [3.05, 3.63) is 60.3 Å². The van der Waals surface area contributed by atoms with Gasteiger partial charge in [-0.25, -0.2) is 4.98 Å². The minimum Gasteiger partial charge on any atom is -0.454 e. The van der Waals surface area contributed by atoms with Gasteiger partial charge >= 0.3 is 0 Å². The molecule has 2 heterocycles. The molecule has 0 aliphatic carbocycles. The Bertz CT molecular complexity index is 1130. The van der Waals surface area contributed by atoms with Crippen molar-refractivity contribution in [3.8, 4) is 22.8 Å². The molecule has 2 aromatic carbocycles. The molecule has 3 aromatic rings. The van der Waals surface area contributed by atoms with E-state index in [9.17, 15) is 9.59 Å². The lowest BCUT2D eigenvalue weighted by Crippen LogP contribution is -2.33. The predicted molar refractivity (Wildman–Crippen MR) is 125 cm³/mol. The summed E-state index contributed by atoms with van der Waals surface area (Å²) < 4.78 is 12.6. The first-order chi connectivity index (χ1) is 16.0. The number of hydrogen-bond acceptors (Lipinski definition) is 5. The molecule has 8 nitrogen and oxygen atoms in total. The molecule has 2 N–H and O–H groups in total. The Labute approximate surface area is 192 Å². The third-order valence-corrected chi connectivity index (χ3v) is 5.60. The summed E-state index contributed by atoms with van der Waals surface area (Å²) in [6.07, 6.45) is 3.64. The molecule has 1 aliphatic rings. The van der Waals surface area contributed by atoms with Gasteiger partial charge in [0.15, 0.2) is 11.5 Å². The van der Waals surface area contributed by atoms with Crippen LogP contribution < -0.4 is 20.1 Å². The summed E-state index contributed by atoms with van der Waals surface area (Å²) in [5, 5.41) is 5.75. The van der Waals surface area contributed by atoms with Crippen molar-refractivity contribution >= 4 is 17.8 Å². The summed E-state index contributed by atoms with van der Waals surface area (Å²) in [6, 6.07) is 15.9. The van der Waals surface area contributed by atoms with Crippen molar-refractivity contribution in [2.45, 2.75) is 38.6 Å². The largest absolute Gasteiger partial charge is 0.454 e. The van der Waals surface area contributed by atoms with Crippen LogP contribution in [0.15, 0.2) is 54.7 Å². The van der Waals surface area contributed by atoms with Crippen molar-refractivity contribution in [3.63, 3.8) is 0 Å². The highest BCUT2D eigenvalue weighted by Crippen LogP contribution is 2.36. The van der Waals surface area contributed by atoms with E-state index in [0.717, 1.165) is 24.1 Å². The monoisotopic (exact) mass is 448 g/mol. The maximum absolute atomic E-state index is 12.4. The van der Waals surface area contributed by atoms with E-state index >= 15 is 0 Å². The Morgan fingerprint density at radius 3 is 2.64 bits per heavy atom. The molecular weight excluding hydrogens is 420 g/mol. The average Bonchev–Trinajstić information content (AvgIpc) is 3.43. The summed E-state index contributed by atoms with van der Waals surface area (Å²) in [4.78, 5) is 28.9. The van der Waals surface area contributed by atoms with Crippen molar-refractivity contribution in [2.75, 3.05) is 12.1 Å². The first kappa shape index (κ1) is 22.4. The molecule has 0 radical (unpaired) electrons. The maximum Gasteiger partial charge on any atom is 0.231 e. The van der Waals surface area contributed by atoms with Crippen molar-refractivity contribution in [1.82, 2.24) is 14.9 Å². The van der Waals surface area contributed by atoms with Gasteiger partial charge in [-0.1, -0.05) is 30.3 Å². The van der Waals surface area contributed by atoms with E-state index in [1.807, 2.05) is 50.4 Å². The lowest BCUT2D eigenvalue weighted by molar-refractivity contribution is -0.124. The highest BCUT2D eigenvalue weighted by Gasteiger charge is 2.17. The number of nitrogens with zero attached hydrogens (tertiary/aromatic N) is 2. The Hall–Kier alpha value is -3.81. The number of fused-ring (bicyclic) bond motifs is 1. The van der Waals surface area contributed by atoms with Gasteiger partial charge in [0, 0.05) is 31.5 Å². The zero-order valence-electron chi connectivity index (χ0n) is 18.8. The third-order valence-electron chi connectivity index (χ3n) is 5.60. The first-order valence-corrected chi connectivity index (χ1v) is 11.0. The number of imidazole rings is 1. The van der Waals surface area contributed by atoms with Gasteiger partial charge in [0.25, 0.3) is 0 Å². The topological polar surface area (TPSA) is 94.5 Å². The number of carbonyl (C=O) groups is 2. The van der Waals surface area contributed by atoms with Crippen LogP contribution in [0.4, 0.5) is 5.95 Å². The van der Waals surface area contributed by atoms with E-state index in [1.54, 1.807) is 10.8 Å². The number of ether oxygens (including phenoxy) is 2. The number of rotatable bonds is 9. The zero-order chi connectivity index (χ0) is 23.2. The van der Waals surface area contributed by atoms with Crippen molar-refractivity contribution in [2.24, 2.45) is 7.05 Å². The minimum absolute atomic E-state index is 0.0413. The van der Waals surface area contributed by atoms with E-state index < -0.39 is 0 Å². The van der Waals surface area contributed by atoms with Gasteiger partial charge < -0.3 is 19.4 Å². The fourth-order valence-corrected chi connectivity index (χ4v) is 3.71. The molecule has 172 valence electrons. The second-order valence-electron chi connectivity index (χ2n) is 8.14. The fourth-order valence-electron chi connectivity index (χ4n) is 3.71. The maximum atomic E-state index is 12.4. The van der Waals surface area contributed by atoms with Gasteiger partial charge in [-0.2, -0.15) is 0 Å². The summed E-state index contributed by atoms with van der Waals surface area (Å²) in [6.45, 7) is 2.19. The summed E-state index contributed by atoms with van der Waals surface area (Å²) >= 11 is 0. The number of nitrogens with one attached hydrogen (secondary N) is 2. The van der Waals surface area contributed by atoms with Crippen LogP contribution in [0.3, 0.4) is 0 Å². The molecule has 2 amide bonds. The molecule has 0 saturated heterocycles. The van der Waals surface area contributed by atoms with Crippen LogP contribution in [0.25, 0.3) is 11.3 Å².